The number of hydrogen-bond acceptors (Lipinski definition) is 6. The number of amides is 1. The molecule has 0 N–H and O–H groups in total. The van der Waals surface area contributed by atoms with Gasteiger partial charge in [0, 0.05) is 62.8 Å². The lowest BCUT2D eigenvalue weighted by atomic mass is 10.2. The van der Waals surface area contributed by atoms with Gasteiger partial charge in [-0.05, 0) is 18.9 Å². The Morgan fingerprint density at radius 1 is 1.25 bits per heavy atom. The fourth-order valence-electron chi connectivity index (χ4n) is 3.70. The molecule has 0 bridgehead atoms. The molecule has 8 nitrogen and oxygen atoms in total. The fourth-order valence-corrected chi connectivity index (χ4v) is 4.44. The van der Waals surface area contributed by atoms with Crippen LogP contribution in [0.25, 0.3) is 4.96 Å². The van der Waals surface area contributed by atoms with Crippen molar-refractivity contribution in [2.24, 2.45) is 0 Å². The Kier molecular flexibility index (Phi) is 5.54. The van der Waals surface area contributed by atoms with E-state index < -0.39 is 0 Å². The van der Waals surface area contributed by atoms with Crippen LogP contribution in [-0.4, -0.2) is 61.1 Å². The quantitative estimate of drug-likeness (QED) is 0.651. The summed E-state index contributed by atoms with van der Waals surface area (Å²) in [6.07, 6.45) is 6.93. The van der Waals surface area contributed by atoms with E-state index >= 15 is 0 Å². The maximum absolute atomic E-state index is 13.0. The third kappa shape index (κ3) is 3.85. The number of rotatable bonds is 5. The summed E-state index contributed by atoms with van der Waals surface area (Å²) in [7, 11) is 0. The topological polar surface area (TPSA) is 75.7 Å². The number of nitrogens with zero attached hydrogens (tertiary/aromatic N) is 6. The summed E-state index contributed by atoms with van der Waals surface area (Å²) in [6, 6.07) is 3.21. The molecular formula is C19H24N6O2S. The van der Waals surface area contributed by atoms with Crippen LogP contribution in [-0.2, 0) is 11.3 Å². The Labute approximate surface area is 167 Å². The van der Waals surface area contributed by atoms with E-state index in [2.05, 4.69) is 15.0 Å². The molecule has 0 spiro atoms. The molecule has 9 heteroatoms. The molecule has 4 heterocycles. The van der Waals surface area contributed by atoms with E-state index in [1.807, 2.05) is 29.5 Å². The molecule has 1 aliphatic rings. The van der Waals surface area contributed by atoms with Crippen LogP contribution in [0.15, 0.2) is 40.9 Å². The van der Waals surface area contributed by atoms with Gasteiger partial charge in [-0.25, -0.2) is 4.98 Å². The highest BCUT2D eigenvalue weighted by Gasteiger charge is 2.26. The molecular weight excluding hydrogens is 376 g/mol. The number of hydrogen-bond donors (Lipinski definition) is 0. The molecule has 3 aromatic heterocycles. The SMILES string of the molecule is CCC(C(=O)N1CCCN(Cc2cc(=O)n3ccsc3n2)CC1)n1cccn1. The van der Waals surface area contributed by atoms with Crippen molar-refractivity contribution in [3.05, 3.63) is 52.2 Å². The second-order valence-electron chi connectivity index (χ2n) is 7.01. The monoisotopic (exact) mass is 400 g/mol. The summed E-state index contributed by atoms with van der Waals surface area (Å²) in [4.78, 5) is 34.7. The van der Waals surface area contributed by atoms with Crippen molar-refractivity contribution in [2.45, 2.75) is 32.4 Å². The molecule has 4 rings (SSSR count). The average Bonchev–Trinajstić information content (AvgIpc) is 3.32. The molecule has 1 amide bonds. The van der Waals surface area contributed by atoms with Gasteiger partial charge in [-0.15, -0.1) is 11.3 Å². The van der Waals surface area contributed by atoms with Gasteiger partial charge in [0.2, 0.25) is 5.91 Å². The lowest BCUT2D eigenvalue weighted by molar-refractivity contribution is -0.135. The summed E-state index contributed by atoms with van der Waals surface area (Å²) in [6.45, 7) is 5.71. The van der Waals surface area contributed by atoms with Gasteiger partial charge in [-0.2, -0.15) is 5.10 Å². The van der Waals surface area contributed by atoms with Gasteiger partial charge in [0.05, 0.1) is 5.69 Å². The molecule has 1 fully saturated rings. The molecule has 3 aromatic rings. The van der Waals surface area contributed by atoms with Crippen molar-refractivity contribution in [3.63, 3.8) is 0 Å². The fraction of sp³-hybridized carbons (Fsp3) is 0.474. The normalized spacial score (nSPS) is 17.0. The third-order valence-corrected chi connectivity index (χ3v) is 5.91. The summed E-state index contributed by atoms with van der Waals surface area (Å²) in [5, 5.41) is 6.11. The maximum atomic E-state index is 13.0. The van der Waals surface area contributed by atoms with E-state index in [1.165, 1.54) is 11.3 Å². The molecule has 28 heavy (non-hydrogen) atoms. The first-order valence-electron chi connectivity index (χ1n) is 9.61. The van der Waals surface area contributed by atoms with Crippen molar-refractivity contribution in [3.8, 4) is 0 Å². The number of fused-ring (bicyclic) bond motifs is 1. The zero-order valence-electron chi connectivity index (χ0n) is 15.9. The molecule has 0 aliphatic carbocycles. The summed E-state index contributed by atoms with van der Waals surface area (Å²) < 4.78 is 3.32. The van der Waals surface area contributed by atoms with Crippen molar-refractivity contribution in [1.29, 1.82) is 0 Å². The van der Waals surface area contributed by atoms with Gasteiger partial charge in [-0.1, -0.05) is 6.92 Å². The van der Waals surface area contributed by atoms with Crippen LogP contribution < -0.4 is 5.56 Å². The molecule has 1 aliphatic heterocycles. The molecule has 1 saturated heterocycles. The van der Waals surface area contributed by atoms with E-state index in [-0.39, 0.29) is 17.5 Å². The first-order valence-corrected chi connectivity index (χ1v) is 10.5. The van der Waals surface area contributed by atoms with Crippen LogP contribution in [0.3, 0.4) is 0 Å². The number of aromatic nitrogens is 4. The number of carbonyl (C=O) groups is 1. The highest BCUT2D eigenvalue weighted by molar-refractivity contribution is 7.15. The van der Waals surface area contributed by atoms with Crippen LogP contribution in [0.2, 0.25) is 0 Å². The Morgan fingerprint density at radius 2 is 2.14 bits per heavy atom. The van der Waals surface area contributed by atoms with Crippen LogP contribution in [0.4, 0.5) is 0 Å². The van der Waals surface area contributed by atoms with Gasteiger partial charge in [-0.3, -0.25) is 23.6 Å². The van der Waals surface area contributed by atoms with Crippen molar-refractivity contribution in [2.75, 3.05) is 26.2 Å². The van der Waals surface area contributed by atoms with Gasteiger partial charge >= 0.3 is 0 Å². The minimum atomic E-state index is -0.246. The van der Waals surface area contributed by atoms with Crippen LogP contribution in [0.5, 0.6) is 0 Å². The molecule has 0 saturated carbocycles. The maximum Gasteiger partial charge on any atom is 0.258 e. The second kappa shape index (κ2) is 8.24. The van der Waals surface area contributed by atoms with E-state index in [1.54, 1.807) is 27.5 Å². The molecule has 0 aromatic carbocycles. The smallest absolute Gasteiger partial charge is 0.258 e. The van der Waals surface area contributed by atoms with Gasteiger partial charge in [0.15, 0.2) is 4.96 Å². The van der Waals surface area contributed by atoms with Gasteiger partial charge < -0.3 is 4.90 Å². The standard InChI is InChI=1S/C19H24N6O2S/c1-2-16(25-8-3-5-20-25)18(27)23-7-4-6-22(9-10-23)14-15-13-17(26)24-11-12-28-19(24)21-15/h3,5,8,11-13,16H,2,4,6-7,9-10,14H2,1H3. The first kappa shape index (κ1) is 18.8. The molecule has 0 radical (unpaired) electrons. The average molecular weight is 401 g/mol. The van der Waals surface area contributed by atoms with Crippen molar-refractivity contribution < 1.29 is 4.79 Å². The Hall–Kier alpha value is -2.52. The Balaban J connectivity index is 1.41. The lowest BCUT2D eigenvalue weighted by Gasteiger charge is -2.26. The second-order valence-corrected chi connectivity index (χ2v) is 7.88. The summed E-state index contributed by atoms with van der Waals surface area (Å²) in [5.41, 5.74) is 0.744. The highest BCUT2D eigenvalue weighted by atomic mass is 32.1. The van der Waals surface area contributed by atoms with E-state index in [0.29, 0.717) is 13.1 Å². The molecule has 1 unspecified atom stereocenters. The van der Waals surface area contributed by atoms with E-state index in [4.69, 9.17) is 0 Å². The van der Waals surface area contributed by atoms with Crippen LogP contribution in [0, 0.1) is 0 Å². The van der Waals surface area contributed by atoms with E-state index in [0.717, 1.165) is 43.1 Å². The molecule has 1 atom stereocenters. The Bertz CT molecular complexity index is 995. The molecule has 148 valence electrons. The highest BCUT2D eigenvalue weighted by Crippen LogP contribution is 2.16. The van der Waals surface area contributed by atoms with Crippen LogP contribution >= 0.6 is 11.3 Å². The summed E-state index contributed by atoms with van der Waals surface area (Å²) >= 11 is 1.46. The number of thiazole rings is 1. The predicted molar refractivity (Wildman–Crippen MR) is 107 cm³/mol. The number of carbonyl (C=O) groups excluding carboxylic acids is 1. The third-order valence-electron chi connectivity index (χ3n) is 5.16. The largest absolute Gasteiger partial charge is 0.340 e. The van der Waals surface area contributed by atoms with Crippen LogP contribution in [0.1, 0.15) is 31.5 Å². The van der Waals surface area contributed by atoms with Crippen molar-refractivity contribution in [1.82, 2.24) is 29.0 Å². The Morgan fingerprint density at radius 3 is 2.93 bits per heavy atom. The van der Waals surface area contributed by atoms with E-state index in [9.17, 15) is 9.59 Å². The summed E-state index contributed by atoms with van der Waals surface area (Å²) in [5.74, 6) is 0.129. The van der Waals surface area contributed by atoms with Gasteiger partial charge in [0.25, 0.3) is 5.56 Å². The van der Waals surface area contributed by atoms with Gasteiger partial charge in [0.1, 0.15) is 6.04 Å². The van der Waals surface area contributed by atoms with Crippen molar-refractivity contribution >= 4 is 22.2 Å². The minimum absolute atomic E-state index is 0.0436. The lowest BCUT2D eigenvalue weighted by Crippen LogP contribution is -2.39. The predicted octanol–water partition coefficient (Wildman–Crippen LogP) is 1.64. The first-order chi connectivity index (χ1) is 13.7. The zero-order valence-corrected chi connectivity index (χ0v) is 16.7. The zero-order chi connectivity index (χ0) is 19.5. The minimum Gasteiger partial charge on any atom is -0.340 e.